The summed E-state index contributed by atoms with van der Waals surface area (Å²) in [6.45, 7) is 0. The molecule has 5 nitrogen and oxygen atoms in total. The Morgan fingerprint density at radius 3 is 2.41 bits per heavy atom. The number of aromatic hydroxyl groups is 1. The van der Waals surface area contributed by atoms with Gasteiger partial charge in [0, 0.05) is 17.7 Å². The third-order valence-electron chi connectivity index (χ3n) is 3.39. The Bertz CT molecular complexity index is 881. The summed E-state index contributed by atoms with van der Waals surface area (Å²) in [6.07, 6.45) is 0. The molecule has 112 valence electrons. The maximum atomic E-state index is 12.4. The van der Waals surface area contributed by atoms with E-state index in [4.69, 9.17) is 13.9 Å². The zero-order valence-electron chi connectivity index (χ0n) is 12.1. The molecule has 0 saturated carbocycles. The summed E-state index contributed by atoms with van der Waals surface area (Å²) < 4.78 is 16.0. The van der Waals surface area contributed by atoms with Gasteiger partial charge >= 0.3 is 0 Å². The Morgan fingerprint density at radius 2 is 1.77 bits per heavy atom. The van der Waals surface area contributed by atoms with Gasteiger partial charge < -0.3 is 19.0 Å². The molecule has 3 rings (SSSR count). The van der Waals surface area contributed by atoms with Gasteiger partial charge in [0.05, 0.1) is 14.2 Å². The number of methoxy groups -OCH3 is 2. The first-order chi connectivity index (χ1) is 10.7. The zero-order chi connectivity index (χ0) is 15.7. The fraction of sp³-hybridized carbons (Fsp3) is 0.118. The lowest BCUT2D eigenvalue weighted by molar-refractivity contribution is 0.342. The number of hydrogen-bond donors (Lipinski definition) is 1. The number of hydrogen-bond acceptors (Lipinski definition) is 5. The third-order valence-corrected chi connectivity index (χ3v) is 3.39. The van der Waals surface area contributed by atoms with Crippen LogP contribution >= 0.6 is 0 Å². The minimum Gasteiger partial charge on any atom is -0.502 e. The molecule has 0 aliphatic rings. The highest BCUT2D eigenvalue weighted by Crippen LogP contribution is 2.41. The smallest absolute Gasteiger partial charge is 0.201 e. The lowest BCUT2D eigenvalue weighted by Crippen LogP contribution is -2.03. The molecule has 0 atom stereocenters. The molecule has 0 amide bonds. The van der Waals surface area contributed by atoms with Crippen LogP contribution in [0.1, 0.15) is 0 Å². The number of benzene rings is 2. The van der Waals surface area contributed by atoms with E-state index < -0.39 is 0 Å². The van der Waals surface area contributed by atoms with Crippen LogP contribution in [-0.4, -0.2) is 19.3 Å². The topological polar surface area (TPSA) is 68.9 Å². The highest BCUT2D eigenvalue weighted by molar-refractivity contribution is 5.89. The van der Waals surface area contributed by atoms with E-state index in [1.165, 1.54) is 26.4 Å². The molecule has 0 saturated heterocycles. The molecular weight excluding hydrogens is 284 g/mol. The summed E-state index contributed by atoms with van der Waals surface area (Å²) in [5, 5.41) is 10.2. The van der Waals surface area contributed by atoms with Gasteiger partial charge in [-0.2, -0.15) is 0 Å². The average molecular weight is 298 g/mol. The van der Waals surface area contributed by atoms with Crippen molar-refractivity contribution in [2.24, 2.45) is 0 Å². The first-order valence-electron chi connectivity index (χ1n) is 6.63. The highest BCUT2D eigenvalue weighted by Gasteiger charge is 2.19. The van der Waals surface area contributed by atoms with Crippen LogP contribution in [0.4, 0.5) is 0 Å². The van der Waals surface area contributed by atoms with Gasteiger partial charge in [-0.05, 0) is 0 Å². The second-order valence-electron chi connectivity index (χ2n) is 4.67. The van der Waals surface area contributed by atoms with Gasteiger partial charge in [-0.3, -0.25) is 4.79 Å². The number of rotatable bonds is 3. The van der Waals surface area contributed by atoms with Gasteiger partial charge in [0.2, 0.25) is 5.75 Å². The molecule has 0 spiro atoms. The monoisotopic (exact) mass is 298 g/mol. The van der Waals surface area contributed by atoms with Crippen molar-refractivity contribution in [2.75, 3.05) is 14.2 Å². The van der Waals surface area contributed by atoms with E-state index in [2.05, 4.69) is 0 Å². The number of phenols is 1. The van der Waals surface area contributed by atoms with Crippen LogP contribution in [0.2, 0.25) is 0 Å². The Hall–Kier alpha value is -2.95. The number of fused-ring (bicyclic) bond motifs is 1. The van der Waals surface area contributed by atoms with Crippen LogP contribution in [0, 0.1) is 0 Å². The van der Waals surface area contributed by atoms with Crippen molar-refractivity contribution in [2.45, 2.75) is 0 Å². The second-order valence-corrected chi connectivity index (χ2v) is 4.67. The van der Waals surface area contributed by atoms with Crippen molar-refractivity contribution in [3.8, 4) is 28.6 Å². The largest absolute Gasteiger partial charge is 0.502 e. The van der Waals surface area contributed by atoms with Gasteiger partial charge in [-0.1, -0.05) is 30.3 Å². The van der Waals surface area contributed by atoms with Gasteiger partial charge in [-0.15, -0.1) is 0 Å². The summed E-state index contributed by atoms with van der Waals surface area (Å²) in [5.74, 6) is 0.436. The average Bonchev–Trinajstić information content (AvgIpc) is 2.55. The SMILES string of the molecule is COc1cc2oc(-c3ccccc3)cc(=O)c2c(OC)c1O. The fourth-order valence-corrected chi connectivity index (χ4v) is 2.35. The summed E-state index contributed by atoms with van der Waals surface area (Å²) in [4.78, 5) is 12.4. The summed E-state index contributed by atoms with van der Waals surface area (Å²) >= 11 is 0. The molecular formula is C17H14O5. The lowest BCUT2D eigenvalue weighted by Gasteiger charge is -2.11. The molecule has 0 aliphatic carbocycles. The standard InChI is InChI=1S/C17H14O5/c1-20-14-9-13-15(17(21-2)16(14)19)11(18)8-12(22-13)10-6-4-3-5-7-10/h3-9,19H,1-2H3. The Kier molecular flexibility index (Phi) is 3.47. The number of ether oxygens (including phenoxy) is 2. The van der Waals surface area contributed by atoms with E-state index in [1.54, 1.807) is 0 Å². The zero-order valence-corrected chi connectivity index (χ0v) is 12.1. The molecule has 3 aromatic rings. The van der Waals surface area contributed by atoms with Crippen LogP contribution in [0.25, 0.3) is 22.3 Å². The maximum Gasteiger partial charge on any atom is 0.201 e. The van der Waals surface area contributed by atoms with E-state index in [0.29, 0.717) is 5.76 Å². The molecule has 0 fully saturated rings. The molecule has 22 heavy (non-hydrogen) atoms. The van der Waals surface area contributed by atoms with Crippen LogP contribution in [-0.2, 0) is 0 Å². The predicted molar refractivity (Wildman–Crippen MR) is 82.7 cm³/mol. The summed E-state index contributed by atoms with van der Waals surface area (Å²) in [5.41, 5.74) is 0.778. The second kappa shape index (κ2) is 5.44. The maximum absolute atomic E-state index is 12.4. The van der Waals surface area contributed by atoms with E-state index in [9.17, 15) is 9.90 Å². The fourth-order valence-electron chi connectivity index (χ4n) is 2.35. The van der Waals surface area contributed by atoms with Crippen LogP contribution in [0.15, 0.2) is 51.7 Å². The van der Waals surface area contributed by atoms with Crippen molar-refractivity contribution in [3.63, 3.8) is 0 Å². The van der Waals surface area contributed by atoms with E-state index in [0.717, 1.165) is 5.56 Å². The highest BCUT2D eigenvalue weighted by atomic mass is 16.5. The van der Waals surface area contributed by atoms with Gasteiger partial charge in [0.1, 0.15) is 16.7 Å². The molecule has 0 bridgehead atoms. The third kappa shape index (κ3) is 2.16. The van der Waals surface area contributed by atoms with Crippen molar-refractivity contribution >= 4 is 11.0 Å². The summed E-state index contributed by atoms with van der Waals surface area (Å²) in [6, 6.07) is 12.1. The molecule has 1 aromatic heterocycles. The van der Waals surface area contributed by atoms with Gasteiger partial charge in [0.25, 0.3) is 0 Å². The van der Waals surface area contributed by atoms with Crippen molar-refractivity contribution in [1.29, 1.82) is 0 Å². The van der Waals surface area contributed by atoms with Crippen molar-refractivity contribution < 1.29 is 19.0 Å². The molecule has 5 heteroatoms. The molecule has 0 aliphatic heterocycles. The molecule has 1 heterocycles. The first-order valence-corrected chi connectivity index (χ1v) is 6.63. The normalized spacial score (nSPS) is 10.6. The van der Waals surface area contributed by atoms with Crippen LogP contribution < -0.4 is 14.9 Å². The first kappa shape index (κ1) is 14.0. The molecule has 0 unspecified atom stereocenters. The minimum atomic E-state index is -0.296. The Labute approximate surface area is 126 Å². The van der Waals surface area contributed by atoms with Gasteiger partial charge in [-0.25, -0.2) is 0 Å². The molecule has 0 radical (unpaired) electrons. The Balaban J connectivity index is 2.36. The van der Waals surface area contributed by atoms with E-state index in [-0.39, 0.29) is 33.6 Å². The van der Waals surface area contributed by atoms with Crippen LogP contribution in [0.3, 0.4) is 0 Å². The minimum absolute atomic E-state index is 0.0442. The van der Waals surface area contributed by atoms with Crippen molar-refractivity contribution in [1.82, 2.24) is 0 Å². The van der Waals surface area contributed by atoms with E-state index in [1.807, 2.05) is 30.3 Å². The van der Waals surface area contributed by atoms with E-state index >= 15 is 0 Å². The van der Waals surface area contributed by atoms with Crippen LogP contribution in [0.5, 0.6) is 17.2 Å². The lowest BCUT2D eigenvalue weighted by atomic mass is 10.1. The van der Waals surface area contributed by atoms with Gasteiger partial charge in [0.15, 0.2) is 16.9 Å². The molecule has 2 aromatic carbocycles. The molecule has 1 N–H and O–H groups in total. The Morgan fingerprint density at radius 1 is 1.05 bits per heavy atom. The summed E-state index contributed by atoms with van der Waals surface area (Å²) in [7, 11) is 2.79. The van der Waals surface area contributed by atoms with Crippen molar-refractivity contribution in [3.05, 3.63) is 52.7 Å². The predicted octanol–water partition coefficient (Wildman–Crippen LogP) is 3.18. The number of phenolic OH excluding ortho intramolecular Hbond substituents is 1. The quantitative estimate of drug-likeness (QED) is 0.804.